The Bertz CT molecular complexity index is 700. The Morgan fingerprint density at radius 2 is 1.61 bits per heavy atom. The SMILES string of the molecule is Cc1cc(C)c(CC(=O)N[C@H](C(=O)O)c2ccccc2)c(C)c1. The van der Waals surface area contributed by atoms with Crippen molar-refractivity contribution in [3.63, 3.8) is 0 Å². The first-order valence-electron chi connectivity index (χ1n) is 7.52. The van der Waals surface area contributed by atoms with E-state index in [1.807, 2.05) is 39.0 Å². The van der Waals surface area contributed by atoms with Crippen molar-refractivity contribution in [2.45, 2.75) is 33.2 Å². The maximum Gasteiger partial charge on any atom is 0.330 e. The molecule has 0 aliphatic carbocycles. The van der Waals surface area contributed by atoms with Gasteiger partial charge < -0.3 is 10.4 Å². The van der Waals surface area contributed by atoms with Gasteiger partial charge >= 0.3 is 5.97 Å². The molecule has 0 aliphatic rings. The van der Waals surface area contributed by atoms with Crippen molar-refractivity contribution in [1.29, 1.82) is 0 Å². The highest BCUT2D eigenvalue weighted by atomic mass is 16.4. The molecule has 2 aromatic rings. The molecule has 2 rings (SSSR count). The zero-order valence-corrected chi connectivity index (χ0v) is 13.6. The lowest BCUT2D eigenvalue weighted by molar-refractivity contribution is -0.141. The lowest BCUT2D eigenvalue weighted by atomic mass is 9.97. The molecule has 23 heavy (non-hydrogen) atoms. The van der Waals surface area contributed by atoms with Crippen LogP contribution in [-0.2, 0) is 16.0 Å². The average molecular weight is 311 g/mol. The second kappa shape index (κ2) is 7.09. The van der Waals surface area contributed by atoms with Crippen LogP contribution in [0, 0.1) is 20.8 Å². The maximum absolute atomic E-state index is 12.3. The van der Waals surface area contributed by atoms with Gasteiger partial charge in [0.05, 0.1) is 6.42 Å². The summed E-state index contributed by atoms with van der Waals surface area (Å²) in [5.74, 6) is -1.36. The maximum atomic E-state index is 12.3. The number of rotatable bonds is 5. The van der Waals surface area contributed by atoms with Crippen molar-refractivity contribution in [2.75, 3.05) is 0 Å². The number of carbonyl (C=O) groups is 2. The molecule has 0 aliphatic heterocycles. The Labute approximate surface area is 136 Å². The van der Waals surface area contributed by atoms with Crippen LogP contribution in [0.5, 0.6) is 0 Å². The third-order valence-corrected chi connectivity index (χ3v) is 3.86. The van der Waals surface area contributed by atoms with Crippen LogP contribution in [0.15, 0.2) is 42.5 Å². The first-order valence-corrected chi connectivity index (χ1v) is 7.52. The summed E-state index contributed by atoms with van der Waals surface area (Å²) in [4.78, 5) is 23.8. The minimum Gasteiger partial charge on any atom is -0.479 e. The fourth-order valence-electron chi connectivity index (χ4n) is 2.79. The fourth-order valence-corrected chi connectivity index (χ4v) is 2.79. The highest BCUT2D eigenvalue weighted by Crippen LogP contribution is 2.18. The monoisotopic (exact) mass is 311 g/mol. The van der Waals surface area contributed by atoms with Crippen molar-refractivity contribution in [3.05, 3.63) is 70.3 Å². The Hall–Kier alpha value is -2.62. The third kappa shape index (κ3) is 4.19. The van der Waals surface area contributed by atoms with Crippen molar-refractivity contribution in [1.82, 2.24) is 5.32 Å². The van der Waals surface area contributed by atoms with Crippen LogP contribution in [0.3, 0.4) is 0 Å². The normalized spacial score (nSPS) is 11.8. The van der Waals surface area contributed by atoms with Crippen LogP contribution in [0.1, 0.15) is 33.9 Å². The van der Waals surface area contributed by atoms with Crippen molar-refractivity contribution in [2.24, 2.45) is 0 Å². The van der Waals surface area contributed by atoms with Crippen LogP contribution in [-0.4, -0.2) is 17.0 Å². The minimum atomic E-state index is -1.07. The number of amides is 1. The summed E-state index contributed by atoms with van der Waals surface area (Å²) in [5.41, 5.74) is 4.75. The molecular weight excluding hydrogens is 290 g/mol. The average Bonchev–Trinajstić information content (AvgIpc) is 2.49. The quantitative estimate of drug-likeness (QED) is 0.891. The van der Waals surface area contributed by atoms with E-state index in [0.29, 0.717) is 5.56 Å². The highest BCUT2D eigenvalue weighted by Gasteiger charge is 2.22. The van der Waals surface area contributed by atoms with Crippen LogP contribution < -0.4 is 5.32 Å². The lowest BCUT2D eigenvalue weighted by Crippen LogP contribution is -2.35. The van der Waals surface area contributed by atoms with Gasteiger partial charge in [-0.25, -0.2) is 4.79 Å². The molecule has 0 unspecified atom stereocenters. The third-order valence-electron chi connectivity index (χ3n) is 3.86. The molecule has 0 saturated heterocycles. The van der Waals surface area contributed by atoms with Gasteiger partial charge in [-0.15, -0.1) is 0 Å². The first-order chi connectivity index (χ1) is 10.9. The van der Waals surface area contributed by atoms with E-state index < -0.39 is 12.0 Å². The van der Waals surface area contributed by atoms with E-state index in [-0.39, 0.29) is 12.3 Å². The molecule has 120 valence electrons. The molecule has 0 heterocycles. The lowest BCUT2D eigenvalue weighted by Gasteiger charge is -2.16. The number of hydrogen-bond acceptors (Lipinski definition) is 2. The summed E-state index contributed by atoms with van der Waals surface area (Å²) in [6, 6.07) is 11.7. The van der Waals surface area contributed by atoms with Crippen molar-refractivity contribution in [3.8, 4) is 0 Å². The van der Waals surface area contributed by atoms with E-state index >= 15 is 0 Å². The standard InChI is InChI=1S/C19H21NO3/c1-12-9-13(2)16(14(3)10-12)11-17(21)20-18(19(22)23)15-7-5-4-6-8-15/h4-10,18H,11H2,1-3H3,(H,20,21)(H,22,23)/t18-/m0/s1. The van der Waals surface area contributed by atoms with Gasteiger partial charge in [-0.2, -0.15) is 0 Å². The topological polar surface area (TPSA) is 66.4 Å². The summed E-state index contributed by atoms with van der Waals surface area (Å²) >= 11 is 0. The molecule has 1 atom stereocenters. The summed E-state index contributed by atoms with van der Waals surface area (Å²) in [6.45, 7) is 5.95. The van der Waals surface area contributed by atoms with E-state index in [0.717, 1.165) is 22.3 Å². The number of carbonyl (C=O) groups excluding carboxylic acids is 1. The van der Waals surface area contributed by atoms with Gasteiger partial charge in [-0.3, -0.25) is 4.79 Å². The zero-order chi connectivity index (χ0) is 17.0. The number of carboxylic acids is 1. The molecule has 0 spiro atoms. The first kappa shape index (κ1) is 16.7. The Morgan fingerprint density at radius 3 is 2.13 bits per heavy atom. The van der Waals surface area contributed by atoms with Crippen LogP contribution in [0.2, 0.25) is 0 Å². The van der Waals surface area contributed by atoms with Gasteiger partial charge in [0.15, 0.2) is 6.04 Å². The molecule has 0 aromatic heterocycles. The van der Waals surface area contributed by atoms with Gasteiger partial charge in [0.25, 0.3) is 0 Å². The number of aryl methyl sites for hydroxylation is 3. The molecule has 0 fully saturated rings. The van der Waals surface area contributed by atoms with E-state index in [1.54, 1.807) is 24.3 Å². The van der Waals surface area contributed by atoms with E-state index in [9.17, 15) is 14.7 Å². The second-order valence-corrected chi connectivity index (χ2v) is 5.80. The summed E-state index contributed by atoms with van der Waals surface area (Å²) < 4.78 is 0. The van der Waals surface area contributed by atoms with Crippen LogP contribution in [0.25, 0.3) is 0 Å². The summed E-state index contributed by atoms with van der Waals surface area (Å²) in [7, 11) is 0. The highest BCUT2D eigenvalue weighted by molar-refractivity contribution is 5.86. The zero-order valence-electron chi connectivity index (χ0n) is 13.6. The molecule has 1 amide bonds. The predicted molar refractivity (Wildman–Crippen MR) is 89.3 cm³/mol. The van der Waals surface area contributed by atoms with Crippen LogP contribution in [0.4, 0.5) is 0 Å². The van der Waals surface area contributed by atoms with Crippen molar-refractivity contribution < 1.29 is 14.7 Å². The second-order valence-electron chi connectivity index (χ2n) is 5.80. The Balaban J connectivity index is 2.16. The number of hydrogen-bond donors (Lipinski definition) is 2. The Morgan fingerprint density at radius 1 is 1.04 bits per heavy atom. The van der Waals surface area contributed by atoms with E-state index in [1.165, 1.54) is 0 Å². The number of aliphatic carboxylic acids is 1. The summed E-state index contributed by atoms with van der Waals surface area (Å²) in [6.07, 6.45) is 0.175. The van der Waals surface area contributed by atoms with E-state index in [2.05, 4.69) is 5.32 Å². The molecule has 2 N–H and O–H groups in total. The van der Waals surface area contributed by atoms with Crippen LogP contribution >= 0.6 is 0 Å². The molecule has 0 radical (unpaired) electrons. The van der Waals surface area contributed by atoms with Gasteiger partial charge in [0, 0.05) is 0 Å². The van der Waals surface area contributed by atoms with E-state index in [4.69, 9.17) is 0 Å². The number of benzene rings is 2. The molecule has 2 aromatic carbocycles. The van der Waals surface area contributed by atoms with Gasteiger partial charge in [-0.1, -0.05) is 48.0 Å². The number of carboxylic acid groups (broad SMARTS) is 1. The molecule has 0 bridgehead atoms. The predicted octanol–water partition coefficient (Wildman–Crippen LogP) is 3.10. The van der Waals surface area contributed by atoms with Gasteiger partial charge in [-0.05, 0) is 43.0 Å². The largest absolute Gasteiger partial charge is 0.479 e. The molecule has 4 heteroatoms. The smallest absolute Gasteiger partial charge is 0.330 e. The summed E-state index contributed by atoms with van der Waals surface area (Å²) in [5, 5.41) is 12.0. The van der Waals surface area contributed by atoms with Gasteiger partial charge in [0.2, 0.25) is 5.91 Å². The molecular formula is C19H21NO3. The molecule has 4 nitrogen and oxygen atoms in total. The number of nitrogens with one attached hydrogen (secondary N) is 1. The minimum absolute atomic E-state index is 0.175. The molecule has 0 saturated carbocycles. The van der Waals surface area contributed by atoms with Crippen molar-refractivity contribution >= 4 is 11.9 Å². The van der Waals surface area contributed by atoms with Gasteiger partial charge in [0.1, 0.15) is 0 Å². The Kier molecular flexibility index (Phi) is 5.16. The fraction of sp³-hybridized carbons (Fsp3) is 0.263.